The molecule has 1 fully saturated rings. The molecule has 6 nitrogen and oxygen atoms in total. The van der Waals surface area contributed by atoms with Gasteiger partial charge in [-0.25, -0.2) is 0 Å². The summed E-state index contributed by atoms with van der Waals surface area (Å²) < 4.78 is 115. The van der Waals surface area contributed by atoms with Gasteiger partial charge in [0.05, 0.1) is 17.0 Å². The predicted octanol–water partition coefficient (Wildman–Crippen LogP) is 3.56. The zero-order valence-electron chi connectivity index (χ0n) is 29.3. The number of nitrogens with two attached hydrogens (primary N) is 1. The molecule has 6 heteroatoms. The highest BCUT2D eigenvalue weighted by Crippen LogP contribution is 2.44. The van der Waals surface area contributed by atoms with Crippen molar-refractivity contribution in [3.05, 3.63) is 23.2 Å². The van der Waals surface area contributed by atoms with Crippen LogP contribution in [0.15, 0.2) is 12.1 Å². The lowest BCUT2D eigenvalue weighted by atomic mass is 9.79. The van der Waals surface area contributed by atoms with Gasteiger partial charge in [-0.1, -0.05) is 27.7 Å². The zero-order valence-corrected chi connectivity index (χ0v) is 18.3. The van der Waals surface area contributed by atoms with Crippen LogP contribution >= 0.6 is 0 Å². The number of piperidine rings is 1. The van der Waals surface area contributed by atoms with Gasteiger partial charge in [0.25, 0.3) is 0 Å². The number of rotatable bonds is 7. The van der Waals surface area contributed by atoms with Crippen molar-refractivity contribution in [2.45, 2.75) is 65.0 Å². The second-order valence-electron chi connectivity index (χ2n) is 8.10. The first-order valence-corrected chi connectivity index (χ1v) is 10.0. The van der Waals surface area contributed by atoms with E-state index < -0.39 is 97.3 Å². The molecule has 4 atom stereocenters. The topological polar surface area (TPSA) is 74.0 Å². The summed E-state index contributed by atoms with van der Waals surface area (Å²) >= 11 is 0. The van der Waals surface area contributed by atoms with E-state index >= 15 is 0 Å². The number of carbonyl (C=O) groups is 1. The molecule has 2 N–H and O–H groups in total. The van der Waals surface area contributed by atoms with Crippen LogP contribution in [0.5, 0.6) is 11.5 Å². The summed E-state index contributed by atoms with van der Waals surface area (Å²) in [5.41, 5.74) is 4.67. The fourth-order valence-electron chi connectivity index (χ4n) is 3.25. The summed E-state index contributed by atoms with van der Waals surface area (Å²) in [4.78, 5) is 13.4. The molecule has 1 aromatic carbocycles. The van der Waals surface area contributed by atoms with Crippen LogP contribution in [0.4, 0.5) is 0 Å². The smallest absolute Gasteiger partial charge is 0.323 e. The highest BCUT2D eigenvalue weighted by molar-refractivity contribution is 5.76. The molecule has 168 valence electrons. The van der Waals surface area contributed by atoms with Gasteiger partial charge in [0.1, 0.15) is 12.1 Å². The third kappa shape index (κ3) is 4.75. The number of nitrogens with zero attached hydrogens (tertiary/aromatic N) is 1. The zero-order chi connectivity index (χ0) is 31.8. The maximum absolute atomic E-state index is 13.1. The summed E-state index contributed by atoms with van der Waals surface area (Å²) in [5.74, 6) is -5.43. The Hall–Kier alpha value is -1.79. The predicted molar refractivity (Wildman–Crippen MR) is 118 cm³/mol. The van der Waals surface area contributed by atoms with Crippen molar-refractivity contribution in [3.63, 3.8) is 0 Å². The molecule has 3 unspecified atom stereocenters. The largest absolute Gasteiger partial charge is 0.493 e. The number of hydrogen-bond acceptors (Lipinski definition) is 6. The fraction of sp³-hybridized carbons (Fsp3) is 0.708. The number of hydrogen-bond donors (Lipinski definition) is 1. The van der Waals surface area contributed by atoms with Crippen LogP contribution < -0.4 is 15.2 Å². The van der Waals surface area contributed by atoms with Crippen LogP contribution in [0.1, 0.15) is 72.7 Å². The van der Waals surface area contributed by atoms with Gasteiger partial charge in [0.15, 0.2) is 11.5 Å². The molecule has 0 spiro atoms. The molecule has 3 rings (SSSR count). The van der Waals surface area contributed by atoms with E-state index in [1.54, 1.807) is 27.7 Å². The molecule has 2 aliphatic rings. The summed E-state index contributed by atoms with van der Waals surface area (Å²) in [6.45, 7) is -0.0253. The summed E-state index contributed by atoms with van der Waals surface area (Å²) in [6, 6.07) is -4.75. The second kappa shape index (κ2) is 9.56. The maximum Gasteiger partial charge on any atom is 0.323 e. The molecular formula is C24H38N2O4. The molecule has 0 amide bonds. The summed E-state index contributed by atoms with van der Waals surface area (Å²) in [6.07, 6.45) is -8.79. The fourth-order valence-corrected chi connectivity index (χ4v) is 3.25. The standard InChI is InChI=1S/C24H38N2O4/c1-14(2)9-17-13-26-8-7-16-10-21(28-5)22(29-6)11-18(16)19(26)12-20(17)30-24(27)23(25)15(3)4/h10-11,14-15,17,19-20,23H,7-9,12-13,25H2,1-6H3/t17?,19?,20?,23-/m0/s1/i7D2,8D2,10D,11D,12D2,13D2,17D. The minimum absolute atomic E-state index is 0.299. The molecule has 0 aliphatic carbocycles. The molecule has 1 aromatic rings. The van der Waals surface area contributed by atoms with Gasteiger partial charge in [-0.3, -0.25) is 9.69 Å². The highest BCUT2D eigenvalue weighted by Gasteiger charge is 2.41. The van der Waals surface area contributed by atoms with Crippen molar-refractivity contribution >= 4 is 5.97 Å². The van der Waals surface area contributed by atoms with Crippen LogP contribution in [0.3, 0.4) is 0 Å². The molecule has 0 radical (unpaired) electrons. The van der Waals surface area contributed by atoms with Crippen molar-refractivity contribution in [1.82, 2.24) is 4.90 Å². The monoisotopic (exact) mass is 429 g/mol. The molecule has 0 saturated carbocycles. The number of ether oxygens (including phenoxy) is 3. The number of methoxy groups -OCH3 is 2. The lowest BCUT2D eigenvalue weighted by Gasteiger charge is -2.47. The number of benzene rings is 1. The van der Waals surface area contributed by atoms with Crippen LogP contribution in [-0.2, 0) is 15.9 Å². The average Bonchev–Trinajstić information content (AvgIpc) is 2.83. The van der Waals surface area contributed by atoms with Gasteiger partial charge in [0, 0.05) is 43.6 Å². The normalized spacial score (nSPS) is 39.4. The van der Waals surface area contributed by atoms with Crippen LogP contribution in [0, 0.1) is 17.7 Å². The first-order chi connectivity index (χ1) is 18.5. The van der Waals surface area contributed by atoms with E-state index in [1.165, 1.54) is 0 Å². The number of fused-ring (bicyclic) bond motifs is 3. The Morgan fingerprint density at radius 2 is 1.97 bits per heavy atom. The quantitative estimate of drug-likeness (QED) is 0.668. The third-order valence-electron chi connectivity index (χ3n) is 4.95. The van der Waals surface area contributed by atoms with Gasteiger partial charge in [-0.2, -0.15) is 0 Å². The minimum atomic E-state index is -3.37. The Labute approximate surface area is 196 Å². The molecule has 0 bridgehead atoms. The van der Waals surface area contributed by atoms with Crippen LogP contribution in [0.2, 0.25) is 0 Å². The van der Waals surface area contributed by atoms with Gasteiger partial charge >= 0.3 is 5.97 Å². The van der Waals surface area contributed by atoms with E-state index in [4.69, 9.17) is 30.9 Å². The maximum atomic E-state index is 13.1. The molecule has 0 aromatic heterocycles. The van der Waals surface area contributed by atoms with Crippen LogP contribution in [-0.4, -0.2) is 50.2 Å². The van der Waals surface area contributed by atoms with Gasteiger partial charge in [-0.05, 0) is 47.8 Å². The Morgan fingerprint density at radius 1 is 1.30 bits per heavy atom. The van der Waals surface area contributed by atoms with Crippen molar-refractivity contribution in [2.75, 3.05) is 27.2 Å². The van der Waals surface area contributed by atoms with Crippen molar-refractivity contribution in [2.24, 2.45) is 23.5 Å². The van der Waals surface area contributed by atoms with Crippen molar-refractivity contribution < 1.29 is 34.1 Å². The Kier molecular flexibility index (Phi) is 3.92. The van der Waals surface area contributed by atoms with Gasteiger partial charge < -0.3 is 19.9 Å². The molecule has 2 aliphatic heterocycles. The van der Waals surface area contributed by atoms with Gasteiger partial charge in [-0.15, -0.1) is 0 Å². The third-order valence-corrected chi connectivity index (χ3v) is 4.95. The van der Waals surface area contributed by atoms with Crippen LogP contribution in [0.25, 0.3) is 0 Å². The lowest BCUT2D eigenvalue weighted by Crippen LogP contribution is -2.51. The summed E-state index contributed by atoms with van der Waals surface area (Å²) in [7, 11) is 2.30. The molecule has 30 heavy (non-hydrogen) atoms. The van der Waals surface area contributed by atoms with E-state index in [0.29, 0.717) is 4.90 Å². The second-order valence-corrected chi connectivity index (χ2v) is 8.10. The van der Waals surface area contributed by atoms with E-state index in [2.05, 4.69) is 0 Å². The SMILES string of the molecule is [2H]c1c(OC)c(OC)c([2H])c2c1C1N(C([2H])([2H])C2([2H])[2H])C([2H])([2H])C([2H])(CC(C)C)C(OC(=O)[C@@H](N)C(C)C)C1([2H])[2H]. The summed E-state index contributed by atoms with van der Waals surface area (Å²) in [5, 5.41) is 0. The van der Waals surface area contributed by atoms with E-state index in [9.17, 15) is 8.91 Å². The first-order valence-electron chi connectivity index (χ1n) is 15.5. The Morgan fingerprint density at radius 3 is 2.57 bits per heavy atom. The van der Waals surface area contributed by atoms with Gasteiger partial charge in [0.2, 0.25) is 0 Å². The van der Waals surface area contributed by atoms with Crippen molar-refractivity contribution in [1.29, 1.82) is 0 Å². The number of esters is 1. The van der Waals surface area contributed by atoms with E-state index in [0.717, 1.165) is 14.2 Å². The lowest BCUT2D eigenvalue weighted by molar-refractivity contribution is -0.160. The Balaban J connectivity index is 2.52. The Bertz CT molecular complexity index is 1210. The molecule has 1 saturated heterocycles. The molecular weight excluding hydrogens is 380 g/mol. The highest BCUT2D eigenvalue weighted by atomic mass is 16.5. The number of carbonyl (C=O) groups excluding carboxylic acids is 1. The van der Waals surface area contributed by atoms with E-state index in [-0.39, 0.29) is 11.5 Å². The minimum Gasteiger partial charge on any atom is -0.493 e. The van der Waals surface area contributed by atoms with Crippen molar-refractivity contribution in [3.8, 4) is 11.5 Å². The average molecular weight is 430 g/mol. The van der Waals surface area contributed by atoms with E-state index in [1.807, 2.05) is 0 Å². The first kappa shape index (κ1) is 12.3. The molecule has 2 heterocycles.